The second-order valence-electron chi connectivity index (χ2n) is 9.13. The first-order chi connectivity index (χ1) is 19.9. The zero-order valence-electron chi connectivity index (χ0n) is 21.6. The fourth-order valence-corrected chi connectivity index (χ4v) is 7.16. The summed E-state index contributed by atoms with van der Waals surface area (Å²) in [5.74, 6) is -1.93. The number of nitrogens with one attached hydrogen (secondary N) is 1. The summed E-state index contributed by atoms with van der Waals surface area (Å²) in [4.78, 5) is 49.5. The maximum atomic E-state index is 13.3. The van der Waals surface area contributed by atoms with Gasteiger partial charge in [0.1, 0.15) is 23.2 Å². The highest BCUT2D eigenvalue weighted by Crippen LogP contribution is 2.41. The molecule has 6 N–H and O–H groups in total. The van der Waals surface area contributed by atoms with E-state index in [1.807, 2.05) is 12.2 Å². The molecule has 2 unspecified atom stereocenters. The monoisotopic (exact) mass is 621 g/mol. The van der Waals surface area contributed by atoms with E-state index in [1.54, 1.807) is 4.68 Å². The number of aromatic nitrogens is 6. The molecule has 1 saturated heterocycles. The first kappa shape index (κ1) is 29.0. The minimum absolute atomic E-state index is 0.0241. The number of aliphatic carboxylic acids is 1. The van der Waals surface area contributed by atoms with Crippen molar-refractivity contribution in [1.82, 2.24) is 39.8 Å². The van der Waals surface area contributed by atoms with Crippen molar-refractivity contribution >= 4 is 63.7 Å². The van der Waals surface area contributed by atoms with Crippen molar-refractivity contribution < 1.29 is 24.3 Å². The lowest BCUT2D eigenvalue weighted by molar-refractivity contribution is -0.150. The number of oxime groups is 1. The summed E-state index contributed by atoms with van der Waals surface area (Å²) in [5, 5.41) is 28.3. The van der Waals surface area contributed by atoms with E-state index in [4.69, 9.17) is 16.3 Å². The Morgan fingerprint density at radius 2 is 2.22 bits per heavy atom. The number of anilines is 1. The minimum Gasteiger partial charge on any atom is -0.477 e. The Balaban J connectivity index is 1.28. The van der Waals surface area contributed by atoms with Gasteiger partial charge >= 0.3 is 5.97 Å². The maximum absolute atomic E-state index is 13.3. The standard InChI is InChI=1S/C22H27N11O5S3/c23-7-4-8-32-22(27-30-31-32)40-10-11-9-39-19-14(18(35)33(19)15(11)20(36)37)25-17(34)13(16-26-21(24)41-29-16)28-38-12-5-2-1-3-6-12/h2,5,12,14,19H,1,3-4,6-10,23H2,(H,25,34)(H,36,37)(H2,24,26,29)/b28-13-/t12?,14?,19-/m1/s1. The van der Waals surface area contributed by atoms with Crippen LogP contribution in [-0.2, 0) is 25.8 Å². The lowest BCUT2D eigenvalue weighted by Crippen LogP contribution is -2.71. The minimum atomic E-state index is -1.23. The molecule has 2 amide bonds. The maximum Gasteiger partial charge on any atom is 0.352 e. The van der Waals surface area contributed by atoms with E-state index in [0.29, 0.717) is 36.0 Å². The van der Waals surface area contributed by atoms with Crippen LogP contribution in [0.5, 0.6) is 0 Å². The number of aryl methyl sites for hydroxylation is 1. The van der Waals surface area contributed by atoms with Gasteiger partial charge in [0.25, 0.3) is 11.8 Å². The van der Waals surface area contributed by atoms with Gasteiger partial charge < -0.3 is 26.7 Å². The van der Waals surface area contributed by atoms with Crippen molar-refractivity contribution in [2.45, 2.75) is 54.9 Å². The number of carbonyl (C=O) groups is 3. The van der Waals surface area contributed by atoms with Crippen LogP contribution >= 0.6 is 35.1 Å². The van der Waals surface area contributed by atoms with Crippen molar-refractivity contribution in [2.24, 2.45) is 10.9 Å². The molecule has 19 heteroatoms. The summed E-state index contributed by atoms with van der Waals surface area (Å²) >= 11 is 3.52. The highest BCUT2D eigenvalue weighted by molar-refractivity contribution is 8.01. The lowest BCUT2D eigenvalue weighted by Gasteiger charge is -2.49. The molecule has 0 bridgehead atoms. The van der Waals surface area contributed by atoms with Crippen LogP contribution < -0.4 is 16.8 Å². The molecule has 0 spiro atoms. The van der Waals surface area contributed by atoms with Gasteiger partial charge in [0.15, 0.2) is 5.13 Å². The molecule has 2 aromatic rings. The number of carboxylic acid groups (broad SMARTS) is 1. The highest BCUT2D eigenvalue weighted by Gasteiger charge is 2.54. The molecule has 3 aliphatic rings. The van der Waals surface area contributed by atoms with Gasteiger partial charge in [0, 0.05) is 29.6 Å². The number of fused-ring (bicyclic) bond motifs is 1. The van der Waals surface area contributed by atoms with Gasteiger partial charge in [-0.25, -0.2) is 9.48 Å². The van der Waals surface area contributed by atoms with Crippen molar-refractivity contribution in [3.05, 3.63) is 29.2 Å². The number of nitrogens with two attached hydrogens (primary N) is 2. The van der Waals surface area contributed by atoms with E-state index in [0.717, 1.165) is 30.8 Å². The number of hydrogen-bond donors (Lipinski definition) is 4. The largest absolute Gasteiger partial charge is 0.477 e. The molecule has 2 aromatic heterocycles. The van der Waals surface area contributed by atoms with E-state index in [2.05, 4.69) is 35.4 Å². The van der Waals surface area contributed by atoms with E-state index in [1.165, 1.54) is 28.4 Å². The molecule has 1 aliphatic carbocycles. The number of amides is 2. The third-order valence-corrected chi connectivity index (χ3v) is 9.27. The number of rotatable bonds is 12. The Labute approximate surface area is 246 Å². The molecule has 1 fully saturated rings. The zero-order valence-corrected chi connectivity index (χ0v) is 24.0. The average molecular weight is 622 g/mol. The first-order valence-corrected chi connectivity index (χ1v) is 15.5. The van der Waals surface area contributed by atoms with Crippen LogP contribution in [0.25, 0.3) is 0 Å². The van der Waals surface area contributed by atoms with Crippen LogP contribution in [0.15, 0.2) is 33.7 Å². The van der Waals surface area contributed by atoms with Gasteiger partial charge in [-0.2, -0.15) is 9.36 Å². The molecular formula is C22H27N11O5S3. The molecule has 5 rings (SSSR count). The van der Waals surface area contributed by atoms with Crippen molar-refractivity contribution in [3.63, 3.8) is 0 Å². The Morgan fingerprint density at radius 1 is 1.37 bits per heavy atom. The van der Waals surface area contributed by atoms with Gasteiger partial charge in [-0.3, -0.25) is 14.5 Å². The predicted molar refractivity (Wildman–Crippen MR) is 151 cm³/mol. The number of thioether (sulfide) groups is 2. The summed E-state index contributed by atoms with van der Waals surface area (Å²) in [6.07, 6.45) is 6.85. The number of hydrogen-bond acceptors (Lipinski definition) is 15. The highest BCUT2D eigenvalue weighted by atomic mass is 32.2. The summed E-state index contributed by atoms with van der Waals surface area (Å²) in [5.41, 5.74) is 11.5. The Bertz CT molecular complexity index is 1410. The van der Waals surface area contributed by atoms with Crippen molar-refractivity contribution in [2.75, 3.05) is 23.8 Å². The first-order valence-electron chi connectivity index (χ1n) is 12.7. The van der Waals surface area contributed by atoms with Gasteiger partial charge in [0.2, 0.25) is 16.7 Å². The third-order valence-electron chi connectivity index (χ3n) is 6.34. The lowest BCUT2D eigenvalue weighted by atomic mass is 10.0. The van der Waals surface area contributed by atoms with Gasteiger partial charge in [-0.1, -0.05) is 23.0 Å². The molecule has 2 aliphatic heterocycles. The van der Waals surface area contributed by atoms with Crippen LogP contribution in [0.2, 0.25) is 0 Å². The summed E-state index contributed by atoms with van der Waals surface area (Å²) in [6, 6.07) is -0.977. The number of carboxylic acids is 1. The van der Waals surface area contributed by atoms with Crippen molar-refractivity contribution in [1.29, 1.82) is 0 Å². The summed E-state index contributed by atoms with van der Waals surface area (Å²) in [7, 11) is 0. The van der Waals surface area contributed by atoms with Crippen LogP contribution in [-0.4, -0.2) is 98.6 Å². The SMILES string of the molecule is NCCCn1nnnc1SCC1=C(C(=O)O)N2C(=O)C(NC(=O)/C(=N\OC3C=CCCC3)c3nsc(N)n3)[C@H]2SC1. The molecule has 3 atom stereocenters. The second-order valence-corrected chi connectivity index (χ2v) is 12.0. The molecule has 0 aromatic carbocycles. The number of β-lactam (4-membered cyclic amide) rings is 1. The number of tetrazole rings is 1. The molecule has 16 nitrogen and oxygen atoms in total. The molecule has 4 heterocycles. The normalized spacial score (nSPS) is 22.4. The average Bonchev–Trinajstić information content (AvgIpc) is 3.62. The Morgan fingerprint density at radius 3 is 2.93 bits per heavy atom. The predicted octanol–water partition coefficient (Wildman–Crippen LogP) is -0.184. The van der Waals surface area contributed by atoms with Gasteiger partial charge in [0.05, 0.1) is 0 Å². The smallest absolute Gasteiger partial charge is 0.352 e. The molecule has 0 radical (unpaired) electrons. The Kier molecular flexibility index (Phi) is 9.15. The van der Waals surface area contributed by atoms with E-state index in [-0.39, 0.29) is 34.2 Å². The zero-order chi connectivity index (χ0) is 28.9. The molecule has 0 saturated carbocycles. The second kappa shape index (κ2) is 13.0. The topological polar surface area (TPSA) is 230 Å². The number of nitrogen functional groups attached to an aromatic ring is 1. The van der Waals surface area contributed by atoms with E-state index in [9.17, 15) is 19.5 Å². The number of allylic oxidation sites excluding steroid dienone is 1. The van der Waals surface area contributed by atoms with Gasteiger partial charge in [-0.15, -0.1) is 16.9 Å². The number of carbonyl (C=O) groups excluding carboxylic acids is 2. The Hall–Kier alpha value is -3.55. The van der Waals surface area contributed by atoms with Gasteiger partial charge in [-0.05, 0) is 54.3 Å². The van der Waals surface area contributed by atoms with Crippen LogP contribution in [0.4, 0.5) is 5.13 Å². The van der Waals surface area contributed by atoms with E-state index >= 15 is 0 Å². The third kappa shape index (κ3) is 6.36. The van der Waals surface area contributed by atoms with Crippen molar-refractivity contribution in [3.8, 4) is 0 Å². The fraction of sp³-hybridized carbons (Fsp3) is 0.500. The summed E-state index contributed by atoms with van der Waals surface area (Å²) < 4.78 is 5.67. The summed E-state index contributed by atoms with van der Waals surface area (Å²) in [6.45, 7) is 1.02. The fourth-order valence-electron chi connectivity index (χ4n) is 4.34. The van der Waals surface area contributed by atoms with Crippen LogP contribution in [0, 0.1) is 0 Å². The number of nitrogens with zero attached hydrogens (tertiary/aromatic N) is 8. The van der Waals surface area contributed by atoms with Crippen LogP contribution in [0.3, 0.4) is 0 Å². The molecule has 41 heavy (non-hydrogen) atoms. The van der Waals surface area contributed by atoms with E-state index < -0.39 is 29.2 Å². The molecular weight excluding hydrogens is 595 g/mol. The molecule has 218 valence electrons. The quantitative estimate of drug-likeness (QED) is 0.0792. The van der Waals surface area contributed by atoms with Crippen LogP contribution in [0.1, 0.15) is 31.5 Å².